The Morgan fingerprint density at radius 3 is 2.57 bits per heavy atom. The van der Waals surface area contributed by atoms with Crippen LogP contribution in [0.25, 0.3) is 0 Å². The zero-order chi connectivity index (χ0) is 25.9. The van der Waals surface area contributed by atoms with Gasteiger partial charge in [-0.2, -0.15) is 0 Å². The number of carbonyl (C=O) groups is 2. The molecular formula is C25H36O10. The number of hydrogen-bond acceptors (Lipinski definition) is 10. The monoisotopic (exact) mass is 496 g/mol. The van der Waals surface area contributed by atoms with Crippen LogP contribution in [0.1, 0.15) is 47.5 Å². The highest BCUT2D eigenvalue weighted by molar-refractivity contribution is 5.84. The number of aliphatic hydroxyl groups excluding tert-OH is 3. The van der Waals surface area contributed by atoms with Crippen molar-refractivity contribution >= 4 is 11.9 Å². The standard InChI is InChI=1S/C25H36O10/c1-6-22(4,31)21(30)35-16-15-11(3)17(27)25(32)20-23(5)12(10(2)7-13(26)18(23)28)8-14(34-19(16)29)24(15,20)9-33-25/h7,11-18,20,26-28,31-32H,6,8-9H2,1-5H3/t11-,12+,13+,14-,15-,16-,17-,18-,20-,22?,23-,24+,25-/m1/s1. The van der Waals surface area contributed by atoms with Gasteiger partial charge in [-0.05, 0) is 38.5 Å². The first kappa shape index (κ1) is 25.1. The lowest BCUT2D eigenvalue weighted by Crippen LogP contribution is -2.78. The van der Waals surface area contributed by atoms with Crippen LogP contribution in [0.4, 0.5) is 0 Å². The Balaban J connectivity index is 1.68. The predicted molar refractivity (Wildman–Crippen MR) is 118 cm³/mol. The number of allylic oxidation sites excluding steroid dienone is 1. The van der Waals surface area contributed by atoms with Gasteiger partial charge in [0.25, 0.3) is 0 Å². The van der Waals surface area contributed by atoms with Crippen LogP contribution in [0.2, 0.25) is 0 Å². The molecule has 0 aromatic carbocycles. The van der Waals surface area contributed by atoms with Crippen LogP contribution in [0.3, 0.4) is 0 Å². The lowest BCUT2D eigenvalue weighted by molar-refractivity contribution is -0.345. The first-order chi connectivity index (χ1) is 16.2. The van der Waals surface area contributed by atoms with Crippen molar-refractivity contribution in [2.45, 2.75) is 89.4 Å². The fraction of sp³-hybridized carbons (Fsp3) is 0.840. The van der Waals surface area contributed by atoms with E-state index in [1.807, 2.05) is 6.92 Å². The van der Waals surface area contributed by atoms with Gasteiger partial charge in [-0.25, -0.2) is 9.59 Å². The molecule has 1 spiro atoms. The summed E-state index contributed by atoms with van der Waals surface area (Å²) >= 11 is 0. The molecule has 2 saturated heterocycles. The second-order valence-corrected chi connectivity index (χ2v) is 11.8. The fourth-order valence-corrected chi connectivity index (χ4v) is 8.28. The Morgan fingerprint density at radius 1 is 1.29 bits per heavy atom. The van der Waals surface area contributed by atoms with E-state index >= 15 is 0 Å². The van der Waals surface area contributed by atoms with E-state index in [4.69, 9.17) is 14.2 Å². The second-order valence-electron chi connectivity index (χ2n) is 11.8. The summed E-state index contributed by atoms with van der Waals surface area (Å²) in [5.41, 5.74) is -3.29. The minimum Gasteiger partial charge on any atom is -0.459 e. The third-order valence-electron chi connectivity index (χ3n) is 10.2. The van der Waals surface area contributed by atoms with Gasteiger partial charge in [0.15, 0.2) is 11.4 Å². The van der Waals surface area contributed by atoms with Crippen LogP contribution in [-0.4, -0.2) is 86.0 Å². The molecule has 10 heteroatoms. The van der Waals surface area contributed by atoms with E-state index < -0.39 is 82.4 Å². The number of carbonyl (C=O) groups excluding carboxylic acids is 2. The molecule has 0 amide bonds. The molecule has 1 unspecified atom stereocenters. The van der Waals surface area contributed by atoms with Gasteiger partial charge in [-0.3, -0.25) is 0 Å². The Bertz CT molecular complexity index is 977. The summed E-state index contributed by atoms with van der Waals surface area (Å²) in [4.78, 5) is 26.1. The minimum absolute atomic E-state index is 0.0607. The summed E-state index contributed by atoms with van der Waals surface area (Å²) in [5, 5.41) is 55.6. The van der Waals surface area contributed by atoms with Gasteiger partial charge in [0.1, 0.15) is 12.2 Å². The first-order valence-corrected chi connectivity index (χ1v) is 12.4. The Morgan fingerprint density at radius 2 is 1.94 bits per heavy atom. The van der Waals surface area contributed by atoms with Crippen LogP contribution >= 0.6 is 0 Å². The molecule has 5 rings (SSSR count). The zero-order valence-electron chi connectivity index (χ0n) is 20.7. The van der Waals surface area contributed by atoms with Gasteiger partial charge in [-0.1, -0.05) is 32.4 Å². The van der Waals surface area contributed by atoms with Gasteiger partial charge < -0.3 is 39.7 Å². The largest absolute Gasteiger partial charge is 0.459 e. The van der Waals surface area contributed by atoms with E-state index in [1.165, 1.54) is 6.92 Å². The molecule has 0 aromatic heterocycles. The van der Waals surface area contributed by atoms with Gasteiger partial charge in [0.05, 0.1) is 18.8 Å². The molecule has 196 valence electrons. The highest BCUT2D eigenvalue weighted by Crippen LogP contribution is 2.74. The molecule has 10 nitrogen and oxygen atoms in total. The van der Waals surface area contributed by atoms with E-state index in [2.05, 4.69) is 0 Å². The van der Waals surface area contributed by atoms with Gasteiger partial charge >= 0.3 is 11.9 Å². The Labute approximate surface area is 203 Å². The number of esters is 2. The van der Waals surface area contributed by atoms with Crippen molar-refractivity contribution < 1.29 is 49.3 Å². The summed E-state index contributed by atoms with van der Waals surface area (Å²) in [5.74, 6) is -6.72. The maximum absolute atomic E-state index is 13.3. The lowest BCUT2D eigenvalue weighted by Gasteiger charge is -2.68. The molecule has 35 heavy (non-hydrogen) atoms. The Hall–Kier alpha value is -1.56. The quantitative estimate of drug-likeness (QED) is 0.258. The number of rotatable bonds is 3. The highest BCUT2D eigenvalue weighted by atomic mass is 16.7. The molecule has 5 aliphatic rings. The van der Waals surface area contributed by atoms with Crippen molar-refractivity contribution in [1.82, 2.24) is 0 Å². The summed E-state index contributed by atoms with van der Waals surface area (Å²) < 4.78 is 17.4. The SMILES string of the molecule is CCC(C)(O)C(=O)O[C@H]1C(=O)O[C@@H]2C[C@H]3C(C)=C[C@H](O)[C@@H](O)[C@]3(C)[C@H]3[C@]4(O)OC[C@]32[C@@H]1[C@@H](C)[C@H]4O. The topological polar surface area (TPSA) is 163 Å². The van der Waals surface area contributed by atoms with E-state index in [9.17, 15) is 35.1 Å². The third-order valence-corrected chi connectivity index (χ3v) is 10.2. The van der Waals surface area contributed by atoms with Crippen molar-refractivity contribution in [2.75, 3.05) is 6.61 Å². The molecule has 2 bridgehead atoms. The normalized spacial score (nSPS) is 54.1. The van der Waals surface area contributed by atoms with Gasteiger partial charge in [-0.15, -0.1) is 0 Å². The van der Waals surface area contributed by atoms with Gasteiger partial charge in [0, 0.05) is 22.7 Å². The summed E-state index contributed by atoms with van der Waals surface area (Å²) in [6.45, 7) is 8.06. The molecule has 2 heterocycles. The summed E-state index contributed by atoms with van der Waals surface area (Å²) in [7, 11) is 0. The van der Waals surface area contributed by atoms with Crippen molar-refractivity contribution in [3.63, 3.8) is 0 Å². The van der Waals surface area contributed by atoms with E-state index in [1.54, 1.807) is 26.8 Å². The maximum atomic E-state index is 13.3. The minimum atomic E-state index is -2.08. The number of ether oxygens (including phenoxy) is 3. The number of fused-ring (bicyclic) bond motifs is 1. The van der Waals surface area contributed by atoms with Crippen LogP contribution in [0.15, 0.2) is 11.6 Å². The van der Waals surface area contributed by atoms with Crippen molar-refractivity contribution in [2.24, 2.45) is 34.5 Å². The first-order valence-electron chi connectivity index (χ1n) is 12.4. The molecular weight excluding hydrogens is 460 g/mol. The number of aliphatic hydroxyl groups is 5. The van der Waals surface area contributed by atoms with Crippen LogP contribution < -0.4 is 0 Å². The average Bonchev–Trinajstić information content (AvgIpc) is 3.08. The smallest absolute Gasteiger partial charge is 0.348 e. The molecule has 13 atom stereocenters. The summed E-state index contributed by atoms with van der Waals surface area (Å²) in [6, 6.07) is 0. The molecule has 5 N–H and O–H groups in total. The van der Waals surface area contributed by atoms with Crippen molar-refractivity contribution in [3.8, 4) is 0 Å². The van der Waals surface area contributed by atoms with Crippen LogP contribution in [-0.2, 0) is 23.8 Å². The molecule has 2 saturated carbocycles. The van der Waals surface area contributed by atoms with E-state index in [-0.39, 0.29) is 18.9 Å². The summed E-state index contributed by atoms with van der Waals surface area (Å²) in [6.07, 6.45) is -4.18. The predicted octanol–water partition coefficient (Wildman–Crippen LogP) is -0.359. The second kappa shape index (κ2) is 7.49. The number of hydrogen-bond donors (Lipinski definition) is 5. The molecule has 0 aromatic rings. The molecule has 0 radical (unpaired) electrons. The van der Waals surface area contributed by atoms with Crippen LogP contribution in [0, 0.1) is 34.5 Å². The molecule has 4 fully saturated rings. The maximum Gasteiger partial charge on any atom is 0.348 e. The van der Waals surface area contributed by atoms with Crippen LogP contribution in [0.5, 0.6) is 0 Å². The fourth-order valence-electron chi connectivity index (χ4n) is 8.28. The molecule has 2 aliphatic heterocycles. The third kappa shape index (κ3) is 2.86. The highest BCUT2D eigenvalue weighted by Gasteiger charge is 2.83. The Kier molecular flexibility index (Phi) is 5.37. The van der Waals surface area contributed by atoms with Crippen molar-refractivity contribution in [3.05, 3.63) is 11.6 Å². The molecule has 3 aliphatic carbocycles. The van der Waals surface area contributed by atoms with E-state index in [0.717, 1.165) is 5.57 Å². The average molecular weight is 497 g/mol. The lowest BCUT2D eigenvalue weighted by atomic mass is 9.38. The van der Waals surface area contributed by atoms with E-state index in [0.29, 0.717) is 6.42 Å². The van der Waals surface area contributed by atoms with Gasteiger partial charge in [0.2, 0.25) is 6.10 Å². The zero-order valence-corrected chi connectivity index (χ0v) is 20.7. The van der Waals surface area contributed by atoms with Crippen molar-refractivity contribution in [1.29, 1.82) is 0 Å².